The second-order valence-electron chi connectivity index (χ2n) is 6.22. The minimum absolute atomic E-state index is 0.138. The van der Waals surface area contributed by atoms with Gasteiger partial charge in [-0.15, -0.1) is 0 Å². The van der Waals surface area contributed by atoms with Gasteiger partial charge in [-0.05, 0) is 42.3 Å². The van der Waals surface area contributed by atoms with E-state index < -0.39 is 5.82 Å². The Morgan fingerprint density at radius 3 is 2.97 bits per heavy atom. The van der Waals surface area contributed by atoms with E-state index in [4.69, 9.17) is 25.8 Å². The SMILES string of the molecule is CCOc1cc(/C=N/NC(=O)CN2CCOCC2)ccc1Oc1nc(Cl)ncc1F. The fourth-order valence-electron chi connectivity index (χ4n) is 2.64. The number of ether oxygens (including phenoxy) is 3. The molecule has 1 aromatic carbocycles. The summed E-state index contributed by atoms with van der Waals surface area (Å²) >= 11 is 5.69. The van der Waals surface area contributed by atoms with Crippen molar-refractivity contribution < 1.29 is 23.4 Å². The molecule has 0 spiro atoms. The predicted molar refractivity (Wildman–Crippen MR) is 108 cm³/mol. The topological polar surface area (TPSA) is 98.2 Å². The van der Waals surface area contributed by atoms with Crippen molar-refractivity contribution in [2.75, 3.05) is 39.5 Å². The molecule has 0 atom stereocenters. The molecule has 2 aromatic rings. The molecule has 30 heavy (non-hydrogen) atoms. The van der Waals surface area contributed by atoms with Gasteiger partial charge in [0, 0.05) is 13.1 Å². The standard InChI is InChI=1S/C19H21ClFN5O4/c1-2-29-16-9-13(10-23-25-17(27)12-26-5-7-28-8-6-26)3-4-15(16)30-18-14(21)11-22-19(20)24-18/h3-4,9-11H,2,5-8,12H2,1H3,(H,25,27)/b23-10+. The smallest absolute Gasteiger partial charge is 0.260 e. The fraction of sp³-hybridized carbons (Fsp3) is 0.368. The maximum absolute atomic E-state index is 13.8. The number of morpholine rings is 1. The van der Waals surface area contributed by atoms with Gasteiger partial charge in [0.1, 0.15) is 0 Å². The van der Waals surface area contributed by atoms with Gasteiger partial charge in [-0.25, -0.2) is 10.4 Å². The van der Waals surface area contributed by atoms with E-state index in [1.807, 2.05) is 4.90 Å². The van der Waals surface area contributed by atoms with Crippen molar-refractivity contribution in [3.05, 3.63) is 41.1 Å². The van der Waals surface area contributed by atoms with E-state index in [1.165, 1.54) is 6.21 Å². The molecule has 1 aliphatic heterocycles. The van der Waals surface area contributed by atoms with Crippen LogP contribution in [0, 0.1) is 5.82 Å². The number of halogens is 2. The van der Waals surface area contributed by atoms with Gasteiger partial charge in [0.05, 0.1) is 38.8 Å². The van der Waals surface area contributed by atoms with Gasteiger partial charge in [-0.2, -0.15) is 14.5 Å². The first kappa shape index (κ1) is 21.9. The van der Waals surface area contributed by atoms with E-state index in [0.717, 1.165) is 6.20 Å². The summed E-state index contributed by atoms with van der Waals surface area (Å²) in [6.07, 6.45) is 2.40. The third kappa shape index (κ3) is 6.34. The summed E-state index contributed by atoms with van der Waals surface area (Å²) in [5.41, 5.74) is 3.14. The number of nitrogens with zero attached hydrogens (tertiary/aromatic N) is 4. The molecule has 0 saturated carbocycles. The van der Waals surface area contributed by atoms with Crippen LogP contribution >= 0.6 is 11.6 Å². The zero-order valence-electron chi connectivity index (χ0n) is 16.3. The second kappa shape index (κ2) is 10.8. The lowest BCUT2D eigenvalue weighted by Gasteiger charge is -2.25. The molecule has 9 nitrogen and oxygen atoms in total. The van der Waals surface area contributed by atoms with Crippen LogP contribution in [-0.4, -0.2) is 66.4 Å². The Bertz CT molecular complexity index is 908. The molecule has 160 valence electrons. The third-order valence-electron chi connectivity index (χ3n) is 4.03. The average molecular weight is 438 g/mol. The molecule has 1 amide bonds. The van der Waals surface area contributed by atoms with Crippen LogP contribution in [-0.2, 0) is 9.53 Å². The van der Waals surface area contributed by atoms with E-state index in [0.29, 0.717) is 44.2 Å². The van der Waals surface area contributed by atoms with Crippen molar-refractivity contribution >= 4 is 23.7 Å². The highest BCUT2D eigenvalue weighted by molar-refractivity contribution is 6.28. The van der Waals surface area contributed by atoms with Gasteiger partial charge in [-0.3, -0.25) is 9.69 Å². The van der Waals surface area contributed by atoms with Gasteiger partial charge in [-0.1, -0.05) is 0 Å². The molecule has 3 rings (SSSR count). The molecule has 11 heteroatoms. The van der Waals surface area contributed by atoms with Gasteiger partial charge in [0.15, 0.2) is 11.5 Å². The number of amides is 1. The highest BCUT2D eigenvalue weighted by atomic mass is 35.5. The maximum atomic E-state index is 13.8. The first-order valence-corrected chi connectivity index (χ1v) is 9.67. The van der Waals surface area contributed by atoms with Crippen LogP contribution in [0.25, 0.3) is 0 Å². The largest absolute Gasteiger partial charge is 0.490 e. The summed E-state index contributed by atoms with van der Waals surface area (Å²) < 4.78 is 30.1. The number of hydrogen-bond acceptors (Lipinski definition) is 8. The Hall–Kier alpha value is -2.82. The molecule has 0 radical (unpaired) electrons. The lowest BCUT2D eigenvalue weighted by Crippen LogP contribution is -2.42. The van der Waals surface area contributed by atoms with Crippen molar-refractivity contribution in [1.29, 1.82) is 0 Å². The van der Waals surface area contributed by atoms with Crippen molar-refractivity contribution in [3.63, 3.8) is 0 Å². The zero-order chi connectivity index (χ0) is 21.3. The molecule has 1 aliphatic rings. The highest BCUT2D eigenvalue weighted by Crippen LogP contribution is 2.32. The van der Waals surface area contributed by atoms with Crippen LogP contribution in [0.4, 0.5) is 4.39 Å². The number of nitrogens with one attached hydrogen (secondary N) is 1. The summed E-state index contributed by atoms with van der Waals surface area (Å²) in [7, 11) is 0. The molecule has 0 aliphatic carbocycles. The summed E-state index contributed by atoms with van der Waals surface area (Å²) in [6.45, 7) is 5.10. The Labute approximate surface area is 177 Å². The van der Waals surface area contributed by atoms with Gasteiger partial charge in [0.2, 0.25) is 11.1 Å². The van der Waals surface area contributed by atoms with Crippen LogP contribution in [0.1, 0.15) is 12.5 Å². The Kier molecular flexibility index (Phi) is 7.89. The van der Waals surface area contributed by atoms with Crippen LogP contribution in [0.3, 0.4) is 0 Å². The van der Waals surface area contributed by atoms with Gasteiger partial charge in [0.25, 0.3) is 11.8 Å². The number of benzene rings is 1. The number of rotatable bonds is 8. The van der Waals surface area contributed by atoms with Crippen molar-refractivity contribution in [2.45, 2.75) is 6.92 Å². The Balaban J connectivity index is 1.64. The lowest BCUT2D eigenvalue weighted by molar-refractivity contribution is -0.123. The van der Waals surface area contributed by atoms with E-state index in [2.05, 4.69) is 20.5 Å². The third-order valence-corrected chi connectivity index (χ3v) is 4.21. The molecule has 1 N–H and O–H groups in total. The van der Waals surface area contributed by atoms with Gasteiger partial charge >= 0.3 is 0 Å². The van der Waals surface area contributed by atoms with E-state index in [-0.39, 0.29) is 29.4 Å². The lowest BCUT2D eigenvalue weighted by atomic mass is 10.2. The monoisotopic (exact) mass is 437 g/mol. The van der Waals surface area contributed by atoms with Crippen LogP contribution in [0.15, 0.2) is 29.5 Å². The Morgan fingerprint density at radius 1 is 1.40 bits per heavy atom. The molecule has 1 saturated heterocycles. The zero-order valence-corrected chi connectivity index (χ0v) is 17.1. The van der Waals surface area contributed by atoms with Crippen LogP contribution in [0.2, 0.25) is 5.28 Å². The highest BCUT2D eigenvalue weighted by Gasteiger charge is 2.14. The van der Waals surface area contributed by atoms with Crippen molar-refractivity contribution in [2.24, 2.45) is 5.10 Å². The quantitative estimate of drug-likeness (QED) is 0.384. The molecule has 1 aromatic heterocycles. The number of carbonyl (C=O) groups excluding carboxylic acids is 1. The number of hydrazone groups is 1. The average Bonchev–Trinajstić information content (AvgIpc) is 2.73. The summed E-state index contributed by atoms with van der Waals surface area (Å²) in [4.78, 5) is 21.2. The molecule has 0 bridgehead atoms. The summed E-state index contributed by atoms with van der Waals surface area (Å²) in [5, 5.41) is 3.83. The van der Waals surface area contributed by atoms with E-state index >= 15 is 0 Å². The maximum Gasteiger partial charge on any atom is 0.260 e. The second-order valence-corrected chi connectivity index (χ2v) is 6.55. The molecule has 2 heterocycles. The summed E-state index contributed by atoms with van der Waals surface area (Å²) in [6, 6.07) is 4.91. The number of aromatic nitrogens is 2. The Morgan fingerprint density at radius 2 is 2.20 bits per heavy atom. The summed E-state index contributed by atoms with van der Waals surface area (Å²) in [5.74, 6) is -0.674. The first-order chi connectivity index (χ1) is 14.5. The molecule has 1 fully saturated rings. The van der Waals surface area contributed by atoms with Crippen molar-refractivity contribution in [1.82, 2.24) is 20.3 Å². The predicted octanol–water partition coefficient (Wildman–Crippen LogP) is 2.24. The van der Waals surface area contributed by atoms with Gasteiger partial charge < -0.3 is 14.2 Å². The van der Waals surface area contributed by atoms with Crippen LogP contribution < -0.4 is 14.9 Å². The molecule has 0 unspecified atom stereocenters. The molecular formula is C19H21ClFN5O4. The minimum atomic E-state index is -0.754. The first-order valence-electron chi connectivity index (χ1n) is 9.30. The van der Waals surface area contributed by atoms with E-state index in [1.54, 1.807) is 25.1 Å². The van der Waals surface area contributed by atoms with E-state index in [9.17, 15) is 9.18 Å². The number of hydrogen-bond donors (Lipinski definition) is 1. The normalized spacial score (nSPS) is 14.6. The minimum Gasteiger partial charge on any atom is -0.490 e. The van der Waals surface area contributed by atoms with Crippen molar-refractivity contribution in [3.8, 4) is 17.4 Å². The molecular weight excluding hydrogens is 417 g/mol. The fourth-order valence-corrected chi connectivity index (χ4v) is 2.77. The number of carbonyl (C=O) groups is 1. The van der Waals surface area contributed by atoms with Crippen LogP contribution in [0.5, 0.6) is 17.4 Å².